The first kappa shape index (κ1) is 22.3. The zero-order valence-corrected chi connectivity index (χ0v) is 14.1. The maximum Gasteiger partial charge on any atom is 0.335 e. The van der Waals surface area contributed by atoms with Gasteiger partial charge in [-0.25, -0.2) is 14.4 Å². The summed E-state index contributed by atoms with van der Waals surface area (Å²) in [6.45, 7) is 3.79. The molecule has 0 fully saturated rings. The van der Waals surface area contributed by atoms with E-state index >= 15 is 0 Å². The van der Waals surface area contributed by atoms with Crippen LogP contribution in [0.4, 0.5) is 0 Å². The van der Waals surface area contributed by atoms with Gasteiger partial charge in [-0.15, -0.1) is 0 Å². The van der Waals surface area contributed by atoms with Gasteiger partial charge in [0.05, 0.1) is 0 Å². The fourth-order valence-corrected chi connectivity index (χ4v) is 1.40. The molecule has 3 atom stereocenters. The Morgan fingerprint density at radius 3 is 1.38 bits per heavy atom. The van der Waals surface area contributed by atoms with Crippen molar-refractivity contribution in [2.45, 2.75) is 64.4 Å². The van der Waals surface area contributed by atoms with Gasteiger partial charge in [0.25, 0.3) is 0 Å². The molecule has 9 nitrogen and oxygen atoms in total. The largest absolute Gasteiger partial charge is 0.460 e. The van der Waals surface area contributed by atoms with Crippen molar-refractivity contribution in [3.8, 4) is 0 Å². The monoisotopic (exact) mass is 350 g/mol. The van der Waals surface area contributed by atoms with Crippen LogP contribution >= 0.6 is 0 Å². The number of esters is 3. The Labute approximate surface area is 140 Å². The summed E-state index contributed by atoms with van der Waals surface area (Å²) in [5.74, 6) is -2.77. The summed E-state index contributed by atoms with van der Waals surface area (Å²) in [5.41, 5.74) is 0. The summed E-state index contributed by atoms with van der Waals surface area (Å²) in [6.07, 6.45) is -4.74. The lowest BCUT2D eigenvalue weighted by molar-refractivity contribution is -0.177. The van der Waals surface area contributed by atoms with Crippen LogP contribution in [0.25, 0.3) is 0 Å². The molecule has 0 aliphatic rings. The molecule has 0 aromatic heterocycles. The number of carbonyl (C=O) groups excluding carboxylic acids is 3. The predicted molar refractivity (Wildman–Crippen MR) is 80.7 cm³/mol. The lowest BCUT2D eigenvalue weighted by Crippen LogP contribution is -2.37. The second kappa shape index (κ2) is 11.8. The van der Waals surface area contributed by atoms with Crippen molar-refractivity contribution < 1.29 is 43.9 Å². The Kier molecular flexibility index (Phi) is 10.9. The molecule has 0 aliphatic heterocycles. The number of hydrogen-bond donors (Lipinski definition) is 3. The molecule has 0 aromatic rings. The highest BCUT2D eigenvalue weighted by Gasteiger charge is 2.25. The molecule has 0 aliphatic carbocycles. The normalized spacial score (nSPS) is 15.8. The van der Waals surface area contributed by atoms with E-state index in [1.165, 1.54) is 0 Å². The van der Waals surface area contributed by atoms with Gasteiger partial charge in [0.2, 0.25) is 0 Å². The molecule has 0 saturated heterocycles. The summed E-state index contributed by atoms with van der Waals surface area (Å²) in [6, 6.07) is 0. The molecule has 3 unspecified atom stereocenters. The number of hydrogen-bond acceptors (Lipinski definition) is 9. The maximum absolute atomic E-state index is 11.6. The summed E-state index contributed by atoms with van der Waals surface area (Å²) in [5, 5.41) is 28.1. The third-order valence-electron chi connectivity index (χ3n) is 3.08. The third-order valence-corrected chi connectivity index (χ3v) is 3.08. The van der Waals surface area contributed by atoms with Crippen LogP contribution in [0.1, 0.15) is 40.0 Å². The predicted octanol–water partition coefficient (Wildman–Crippen LogP) is -0.703. The van der Waals surface area contributed by atoms with E-state index in [9.17, 15) is 29.7 Å². The van der Waals surface area contributed by atoms with E-state index in [2.05, 4.69) is 0 Å². The van der Waals surface area contributed by atoms with Gasteiger partial charge in [-0.1, -0.05) is 20.8 Å². The zero-order valence-electron chi connectivity index (χ0n) is 14.1. The van der Waals surface area contributed by atoms with Gasteiger partial charge in [-0.05, 0) is 19.3 Å². The highest BCUT2D eigenvalue weighted by atomic mass is 16.6. The molecule has 0 aromatic carbocycles. The zero-order chi connectivity index (χ0) is 18.7. The van der Waals surface area contributed by atoms with Crippen LogP contribution in [-0.4, -0.2) is 70.9 Å². The lowest BCUT2D eigenvalue weighted by Gasteiger charge is -2.20. The van der Waals surface area contributed by atoms with Crippen LogP contribution in [0.5, 0.6) is 0 Å². The van der Waals surface area contributed by atoms with E-state index in [1.54, 1.807) is 20.8 Å². The Bertz CT molecular complexity index is 384. The van der Waals surface area contributed by atoms with Crippen molar-refractivity contribution in [1.29, 1.82) is 0 Å². The van der Waals surface area contributed by atoms with Crippen LogP contribution in [0.3, 0.4) is 0 Å². The number of rotatable bonds is 11. The first-order valence-corrected chi connectivity index (χ1v) is 7.84. The van der Waals surface area contributed by atoms with Gasteiger partial charge < -0.3 is 29.5 Å². The minimum atomic E-state index is -1.36. The molecular weight excluding hydrogens is 324 g/mol. The Morgan fingerprint density at radius 1 is 0.708 bits per heavy atom. The molecular formula is C15H26O9. The average molecular weight is 350 g/mol. The van der Waals surface area contributed by atoms with Crippen molar-refractivity contribution in [2.24, 2.45) is 0 Å². The van der Waals surface area contributed by atoms with Crippen molar-refractivity contribution >= 4 is 17.9 Å². The molecule has 24 heavy (non-hydrogen) atoms. The average Bonchev–Trinajstić information content (AvgIpc) is 2.60. The molecule has 0 amide bonds. The molecule has 0 spiro atoms. The second-order valence-electron chi connectivity index (χ2n) is 5.09. The van der Waals surface area contributed by atoms with Crippen LogP contribution in [0, 0.1) is 0 Å². The molecule has 140 valence electrons. The standard InChI is InChI=1S/C15H26O9/c1-4-10(16)13(19)22-7-9(24-15(21)12(18)6-3)8-23-14(20)11(17)5-2/h9-12,16-18H,4-8H2,1-3H3. The van der Waals surface area contributed by atoms with Crippen molar-refractivity contribution in [1.82, 2.24) is 0 Å². The van der Waals surface area contributed by atoms with Crippen LogP contribution < -0.4 is 0 Å². The Hall–Kier alpha value is -1.71. The quantitative estimate of drug-likeness (QED) is 0.326. The van der Waals surface area contributed by atoms with E-state index in [0.29, 0.717) is 0 Å². The van der Waals surface area contributed by atoms with Gasteiger partial charge in [-0.2, -0.15) is 0 Å². The van der Waals surface area contributed by atoms with Crippen LogP contribution in [0.2, 0.25) is 0 Å². The van der Waals surface area contributed by atoms with Gasteiger partial charge in [0, 0.05) is 0 Å². The summed E-state index contributed by atoms with van der Waals surface area (Å²) >= 11 is 0. The number of carbonyl (C=O) groups is 3. The summed E-state index contributed by atoms with van der Waals surface area (Å²) < 4.78 is 14.5. The van der Waals surface area contributed by atoms with E-state index in [1.807, 2.05) is 0 Å². The highest BCUT2D eigenvalue weighted by molar-refractivity contribution is 5.76. The van der Waals surface area contributed by atoms with Crippen LogP contribution in [0.15, 0.2) is 0 Å². The molecule has 3 N–H and O–H groups in total. The molecule has 0 heterocycles. The fourth-order valence-electron chi connectivity index (χ4n) is 1.40. The lowest BCUT2D eigenvalue weighted by atomic mass is 10.2. The Balaban J connectivity index is 4.67. The minimum absolute atomic E-state index is 0.119. The molecule has 9 heteroatoms. The van der Waals surface area contributed by atoms with Gasteiger partial charge in [0.1, 0.15) is 13.2 Å². The first-order chi connectivity index (χ1) is 11.3. The Morgan fingerprint density at radius 2 is 1.04 bits per heavy atom. The summed E-state index contributed by atoms with van der Waals surface area (Å²) in [7, 11) is 0. The smallest absolute Gasteiger partial charge is 0.335 e. The fraction of sp³-hybridized carbons (Fsp3) is 0.800. The molecule has 0 bridgehead atoms. The SMILES string of the molecule is CCC(O)C(=O)OCC(COC(=O)C(O)CC)OC(=O)C(O)CC. The first-order valence-electron chi connectivity index (χ1n) is 7.84. The van der Waals surface area contributed by atoms with E-state index in [-0.39, 0.29) is 19.3 Å². The molecule has 0 radical (unpaired) electrons. The number of aliphatic hydroxyl groups excluding tert-OH is 3. The highest BCUT2D eigenvalue weighted by Crippen LogP contribution is 2.05. The number of ether oxygens (including phenoxy) is 3. The van der Waals surface area contributed by atoms with Gasteiger partial charge in [-0.3, -0.25) is 0 Å². The van der Waals surface area contributed by atoms with Gasteiger partial charge >= 0.3 is 17.9 Å². The van der Waals surface area contributed by atoms with Crippen molar-refractivity contribution in [3.63, 3.8) is 0 Å². The van der Waals surface area contributed by atoms with Gasteiger partial charge in [0.15, 0.2) is 24.4 Å². The minimum Gasteiger partial charge on any atom is -0.460 e. The van der Waals surface area contributed by atoms with E-state index in [0.717, 1.165) is 0 Å². The van der Waals surface area contributed by atoms with E-state index < -0.39 is 55.5 Å². The summed E-state index contributed by atoms with van der Waals surface area (Å²) in [4.78, 5) is 34.5. The topological polar surface area (TPSA) is 140 Å². The third kappa shape index (κ3) is 8.23. The van der Waals surface area contributed by atoms with Crippen molar-refractivity contribution in [3.05, 3.63) is 0 Å². The molecule has 0 saturated carbocycles. The second-order valence-corrected chi connectivity index (χ2v) is 5.09. The molecule has 0 rings (SSSR count). The number of aliphatic hydroxyl groups is 3. The maximum atomic E-state index is 11.6. The van der Waals surface area contributed by atoms with Crippen molar-refractivity contribution in [2.75, 3.05) is 13.2 Å². The van der Waals surface area contributed by atoms with E-state index in [4.69, 9.17) is 14.2 Å². The van der Waals surface area contributed by atoms with Crippen LogP contribution in [-0.2, 0) is 28.6 Å².